The Kier molecular flexibility index (Phi) is 7.93. The van der Waals surface area contributed by atoms with Crippen LogP contribution in [-0.2, 0) is 9.53 Å². The lowest BCUT2D eigenvalue weighted by atomic mass is 9.89. The predicted molar refractivity (Wildman–Crippen MR) is 121 cm³/mol. The summed E-state index contributed by atoms with van der Waals surface area (Å²) in [4.78, 5) is 28.9. The fourth-order valence-electron chi connectivity index (χ4n) is 4.46. The summed E-state index contributed by atoms with van der Waals surface area (Å²) in [5.41, 5.74) is 7.53. The second-order valence-corrected chi connectivity index (χ2v) is 8.92. The van der Waals surface area contributed by atoms with Gasteiger partial charge in [0.1, 0.15) is 5.84 Å². The standard InChI is InChI=1S/C24H36N4O3/c1-3-17(2)31-22(29)16-18-8-12-27(13-9-18)24(30)28-14-10-20(11-15-28)19-4-6-21(7-5-19)23(25)26/h4-7,17-18,20H,3,8-16H2,1-2H3,(H3,25,26)/t17-/m0/s1. The highest BCUT2D eigenvalue weighted by atomic mass is 16.5. The minimum atomic E-state index is -0.113. The van der Waals surface area contributed by atoms with Crippen LogP contribution in [0.15, 0.2) is 24.3 Å². The number of rotatable bonds is 6. The number of benzene rings is 1. The summed E-state index contributed by atoms with van der Waals surface area (Å²) < 4.78 is 5.39. The van der Waals surface area contributed by atoms with Crippen molar-refractivity contribution >= 4 is 17.8 Å². The fraction of sp³-hybridized carbons (Fsp3) is 0.625. The van der Waals surface area contributed by atoms with Crippen molar-refractivity contribution in [3.63, 3.8) is 0 Å². The molecular weight excluding hydrogens is 392 g/mol. The molecule has 31 heavy (non-hydrogen) atoms. The SMILES string of the molecule is CC[C@H](C)OC(=O)CC1CCN(C(=O)N2CCC(c3ccc(C(=N)N)cc3)CC2)CC1. The van der Waals surface area contributed by atoms with E-state index in [0.717, 1.165) is 50.8 Å². The number of amides is 2. The average molecular weight is 429 g/mol. The van der Waals surface area contributed by atoms with Gasteiger partial charge in [-0.1, -0.05) is 31.2 Å². The van der Waals surface area contributed by atoms with Crippen LogP contribution in [0.5, 0.6) is 0 Å². The lowest BCUT2D eigenvalue weighted by molar-refractivity contribution is -0.149. The normalized spacial score (nSPS) is 19.2. The zero-order valence-electron chi connectivity index (χ0n) is 18.8. The second kappa shape index (κ2) is 10.6. The number of amidine groups is 1. The van der Waals surface area contributed by atoms with Crippen LogP contribution >= 0.6 is 0 Å². The number of urea groups is 1. The van der Waals surface area contributed by atoms with Gasteiger partial charge in [0, 0.05) is 38.2 Å². The van der Waals surface area contributed by atoms with Crippen LogP contribution in [0.1, 0.15) is 69.4 Å². The van der Waals surface area contributed by atoms with E-state index in [1.165, 1.54) is 5.56 Å². The van der Waals surface area contributed by atoms with Gasteiger partial charge in [0.25, 0.3) is 0 Å². The molecule has 1 aromatic rings. The number of carbonyl (C=O) groups excluding carboxylic acids is 2. The van der Waals surface area contributed by atoms with Gasteiger partial charge in [-0.05, 0) is 56.4 Å². The van der Waals surface area contributed by atoms with Gasteiger partial charge in [-0.2, -0.15) is 0 Å². The van der Waals surface area contributed by atoms with Crippen molar-refractivity contribution in [3.8, 4) is 0 Å². The Balaban J connectivity index is 1.42. The number of esters is 1. The number of piperidine rings is 2. The molecule has 7 nitrogen and oxygen atoms in total. The highest BCUT2D eigenvalue weighted by Crippen LogP contribution is 2.29. The van der Waals surface area contributed by atoms with Crippen molar-refractivity contribution in [3.05, 3.63) is 35.4 Å². The highest BCUT2D eigenvalue weighted by Gasteiger charge is 2.30. The third-order valence-corrected chi connectivity index (χ3v) is 6.71. The molecule has 170 valence electrons. The van der Waals surface area contributed by atoms with Gasteiger partial charge in [-0.25, -0.2) is 4.79 Å². The topological polar surface area (TPSA) is 99.7 Å². The fourth-order valence-corrected chi connectivity index (χ4v) is 4.46. The number of nitrogens with one attached hydrogen (secondary N) is 1. The van der Waals surface area contributed by atoms with Crippen LogP contribution in [-0.4, -0.2) is 59.9 Å². The van der Waals surface area contributed by atoms with Gasteiger partial charge in [0.15, 0.2) is 0 Å². The van der Waals surface area contributed by atoms with E-state index in [-0.39, 0.29) is 23.9 Å². The summed E-state index contributed by atoms with van der Waals surface area (Å²) in [6, 6.07) is 8.04. The van der Waals surface area contributed by atoms with Gasteiger partial charge in [-0.15, -0.1) is 0 Å². The van der Waals surface area contributed by atoms with Gasteiger partial charge in [0.2, 0.25) is 0 Å². The van der Waals surface area contributed by atoms with E-state index in [4.69, 9.17) is 15.9 Å². The Morgan fingerprint density at radius 2 is 1.61 bits per heavy atom. The lowest BCUT2D eigenvalue weighted by Gasteiger charge is -2.38. The molecule has 0 radical (unpaired) electrons. The molecule has 0 bridgehead atoms. The molecule has 2 aliphatic heterocycles. The molecule has 1 aromatic carbocycles. The second-order valence-electron chi connectivity index (χ2n) is 8.92. The van der Waals surface area contributed by atoms with Crippen molar-refractivity contribution in [2.45, 2.75) is 64.4 Å². The molecule has 3 N–H and O–H groups in total. The van der Waals surface area contributed by atoms with Crippen molar-refractivity contribution in [1.82, 2.24) is 9.80 Å². The van der Waals surface area contributed by atoms with Crippen LogP contribution in [0.25, 0.3) is 0 Å². The van der Waals surface area contributed by atoms with E-state index < -0.39 is 0 Å². The van der Waals surface area contributed by atoms with E-state index in [9.17, 15) is 9.59 Å². The number of nitrogen functional groups attached to an aromatic ring is 1. The first-order valence-corrected chi connectivity index (χ1v) is 11.5. The molecule has 2 amide bonds. The number of likely N-dealkylation sites (tertiary alicyclic amines) is 2. The smallest absolute Gasteiger partial charge is 0.319 e. The third-order valence-electron chi connectivity index (χ3n) is 6.71. The van der Waals surface area contributed by atoms with Gasteiger partial charge in [-0.3, -0.25) is 10.2 Å². The summed E-state index contributed by atoms with van der Waals surface area (Å²) >= 11 is 0. The predicted octanol–water partition coefficient (Wildman–Crippen LogP) is 3.71. The first-order valence-electron chi connectivity index (χ1n) is 11.5. The first kappa shape index (κ1) is 23.1. The Morgan fingerprint density at radius 3 is 2.13 bits per heavy atom. The monoisotopic (exact) mass is 428 g/mol. The molecule has 3 rings (SSSR count). The molecular formula is C24H36N4O3. The highest BCUT2D eigenvalue weighted by molar-refractivity contribution is 5.94. The van der Waals surface area contributed by atoms with Crippen LogP contribution in [0.2, 0.25) is 0 Å². The van der Waals surface area contributed by atoms with Crippen molar-refractivity contribution in [2.24, 2.45) is 11.7 Å². The van der Waals surface area contributed by atoms with Crippen LogP contribution in [0, 0.1) is 11.3 Å². The molecule has 2 aliphatic rings. The van der Waals surface area contributed by atoms with Gasteiger partial charge in [0.05, 0.1) is 6.10 Å². The first-order chi connectivity index (χ1) is 14.9. The van der Waals surface area contributed by atoms with E-state index in [1.54, 1.807) is 0 Å². The van der Waals surface area contributed by atoms with Crippen molar-refractivity contribution in [2.75, 3.05) is 26.2 Å². The molecule has 7 heteroatoms. The molecule has 0 unspecified atom stereocenters. The van der Waals surface area contributed by atoms with E-state index in [1.807, 2.05) is 35.8 Å². The molecule has 0 aliphatic carbocycles. The number of hydrogen-bond acceptors (Lipinski definition) is 4. The number of hydrogen-bond donors (Lipinski definition) is 2. The molecule has 1 atom stereocenters. The summed E-state index contributed by atoms with van der Waals surface area (Å²) in [7, 11) is 0. The summed E-state index contributed by atoms with van der Waals surface area (Å²) in [5, 5.41) is 7.51. The van der Waals surface area contributed by atoms with Crippen molar-refractivity contribution < 1.29 is 14.3 Å². The molecule has 0 aromatic heterocycles. The number of ether oxygens (including phenoxy) is 1. The molecule has 0 saturated carbocycles. The maximum atomic E-state index is 13.0. The van der Waals surface area contributed by atoms with E-state index in [2.05, 4.69) is 12.1 Å². The number of nitrogens with zero attached hydrogens (tertiary/aromatic N) is 2. The third kappa shape index (κ3) is 6.21. The molecule has 2 fully saturated rings. The van der Waals surface area contributed by atoms with Crippen LogP contribution < -0.4 is 5.73 Å². The summed E-state index contributed by atoms with van der Waals surface area (Å²) in [5.74, 6) is 0.720. The van der Waals surface area contributed by atoms with Crippen LogP contribution in [0.4, 0.5) is 4.79 Å². The molecule has 2 saturated heterocycles. The minimum absolute atomic E-state index is 0.0239. The molecule has 0 spiro atoms. The van der Waals surface area contributed by atoms with Crippen LogP contribution in [0.3, 0.4) is 0 Å². The van der Waals surface area contributed by atoms with E-state index >= 15 is 0 Å². The van der Waals surface area contributed by atoms with Crippen molar-refractivity contribution in [1.29, 1.82) is 5.41 Å². The Hall–Kier alpha value is -2.57. The Labute approximate surface area is 185 Å². The Morgan fingerprint density at radius 1 is 1.06 bits per heavy atom. The van der Waals surface area contributed by atoms with Gasteiger partial charge < -0.3 is 20.3 Å². The minimum Gasteiger partial charge on any atom is -0.463 e. The Bertz CT molecular complexity index is 764. The molecule has 2 heterocycles. The average Bonchev–Trinajstić information content (AvgIpc) is 2.79. The quantitative estimate of drug-likeness (QED) is 0.410. The largest absolute Gasteiger partial charge is 0.463 e. The maximum absolute atomic E-state index is 13.0. The number of carbonyl (C=O) groups is 2. The van der Waals surface area contributed by atoms with Gasteiger partial charge >= 0.3 is 12.0 Å². The zero-order valence-corrected chi connectivity index (χ0v) is 18.8. The summed E-state index contributed by atoms with van der Waals surface area (Å²) in [6.45, 7) is 6.88. The lowest BCUT2D eigenvalue weighted by Crippen LogP contribution is -2.49. The maximum Gasteiger partial charge on any atom is 0.319 e. The number of nitrogens with two attached hydrogens (primary N) is 1. The van der Waals surface area contributed by atoms with E-state index in [0.29, 0.717) is 31.3 Å². The zero-order chi connectivity index (χ0) is 22.4. The summed E-state index contributed by atoms with van der Waals surface area (Å²) in [6.07, 6.45) is 4.88.